The van der Waals surface area contributed by atoms with Crippen molar-refractivity contribution >= 4 is 11.8 Å². The van der Waals surface area contributed by atoms with E-state index in [2.05, 4.69) is 25.9 Å². The maximum Gasteiger partial charge on any atom is 0.330 e. The van der Waals surface area contributed by atoms with Crippen molar-refractivity contribution < 1.29 is 24.2 Å². The minimum absolute atomic E-state index is 0.0534. The van der Waals surface area contributed by atoms with Crippen molar-refractivity contribution in [3.63, 3.8) is 0 Å². The van der Waals surface area contributed by atoms with Gasteiger partial charge in [-0.3, -0.25) is 23.9 Å². The zero-order valence-electron chi connectivity index (χ0n) is 26.1. The van der Waals surface area contributed by atoms with Gasteiger partial charge in [-0.15, -0.1) is 5.10 Å². The number of aliphatic hydroxyl groups is 1. The summed E-state index contributed by atoms with van der Waals surface area (Å²) in [5.74, 6) is -0.567. The van der Waals surface area contributed by atoms with Crippen LogP contribution in [0.15, 0.2) is 33.6 Å². The summed E-state index contributed by atoms with van der Waals surface area (Å²) < 4.78 is 15.1. The molecule has 0 spiro atoms. The van der Waals surface area contributed by atoms with Gasteiger partial charge in [0.25, 0.3) is 5.56 Å². The number of ether oxygens (including phenoxy) is 2. The Balaban J connectivity index is 1.52. The van der Waals surface area contributed by atoms with E-state index in [-0.39, 0.29) is 37.4 Å². The van der Waals surface area contributed by atoms with E-state index in [4.69, 9.17) is 15.2 Å². The fourth-order valence-electron chi connectivity index (χ4n) is 5.70. The second-order valence-electron chi connectivity index (χ2n) is 12.1. The van der Waals surface area contributed by atoms with E-state index in [0.717, 1.165) is 12.8 Å². The lowest BCUT2D eigenvalue weighted by Gasteiger charge is -2.37. The molecule has 1 saturated heterocycles. The molecule has 0 unspecified atom stereocenters. The predicted molar refractivity (Wildman–Crippen MR) is 159 cm³/mol. The van der Waals surface area contributed by atoms with Gasteiger partial charge in [0.15, 0.2) is 0 Å². The summed E-state index contributed by atoms with van der Waals surface area (Å²) in [6, 6.07) is -1.47. The van der Waals surface area contributed by atoms with Crippen LogP contribution in [-0.4, -0.2) is 78.5 Å². The first-order valence-corrected chi connectivity index (χ1v) is 15.0. The van der Waals surface area contributed by atoms with E-state index in [1.807, 2.05) is 13.8 Å². The Labute approximate surface area is 255 Å². The summed E-state index contributed by atoms with van der Waals surface area (Å²) in [6.45, 7) is 10.3. The van der Waals surface area contributed by atoms with Crippen LogP contribution in [0.1, 0.15) is 83.8 Å². The molecule has 0 aromatic carbocycles. The van der Waals surface area contributed by atoms with E-state index in [0.29, 0.717) is 16.8 Å². The molecule has 44 heavy (non-hydrogen) atoms. The Bertz CT molecular complexity index is 1490. The maximum atomic E-state index is 13.5. The Morgan fingerprint density at radius 2 is 1.98 bits per heavy atom. The minimum Gasteiger partial charge on any atom is -0.394 e. The van der Waals surface area contributed by atoms with Gasteiger partial charge >= 0.3 is 5.69 Å². The van der Waals surface area contributed by atoms with Crippen LogP contribution in [0.25, 0.3) is 0 Å². The lowest BCUT2D eigenvalue weighted by Crippen LogP contribution is -2.57. The molecule has 3 heterocycles. The molecule has 0 radical (unpaired) electrons. The molecule has 6 N–H and O–H groups in total. The summed E-state index contributed by atoms with van der Waals surface area (Å²) >= 11 is 0. The smallest absolute Gasteiger partial charge is 0.330 e. The second kappa shape index (κ2) is 13.5. The first-order valence-electron chi connectivity index (χ1n) is 15.0. The maximum absolute atomic E-state index is 13.5. The molecule has 2 aromatic rings. The van der Waals surface area contributed by atoms with Crippen molar-refractivity contribution in [3.05, 3.63) is 56.1 Å². The Morgan fingerprint density at radius 1 is 1.27 bits per heavy atom. The molecule has 242 valence electrons. The van der Waals surface area contributed by atoms with Gasteiger partial charge in [-0.2, -0.15) is 0 Å². The largest absolute Gasteiger partial charge is 0.394 e. The van der Waals surface area contributed by atoms with Crippen molar-refractivity contribution in [2.75, 3.05) is 6.61 Å². The molecule has 2 amide bonds. The lowest BCUT2D eigenvalue weighted by molar-refractivity contribution is -0.121. The van der Waals surface area contributed by atoms with Crippen LogP contribution in [-0.2, 0) is 24.6 Å². The van der Waals surface area contributed by atoms with E-state index >= 15 is 0 Å². The highest BCUT2D eigenvalue weighted by Crippen LogP contribution is 2.36. The summed E-state index contributed by atoms with van der Waals surface area (Å²) in [4.78, 5) is 51.9. The normalized spacial score (nSPS) is 25.6. The van der Waals surface area contributed by atoms with Gasteiger partial charge in [-0.25, -0.2) is 9.48 Å². The molecule has 4 rings (SSSR count). The van der Waals surface area contributed by atoms with Gasteiger partial charge in [0.2, 0.25) is 11.8 Å². The first kappa shape index (κ1) is 33.2. The number of carbonyl (C=O) groups excluding carboxylic acids is 2. The molecular weight excluding hydrogens is 572 g/mol. The number of carbonyl (C=O) groups is 2. The molecule has 15 heteroatoms. The first-order chi connectivity index (χ1) is 20.8. The third-order valence-electron chi connectivity index (χ3n) is 8.31. The highest BCUT2D eigenvalue weighted by Gasteiger charge is 2.40. The van der Waals surface area contributed by atoms with Crippen LogP contribution >= 0.6 is 0 Å². The third-order valence-corrected chi connectivity index (χ3v) is 8.31. The molecule has 2 aliphatic rings. The average Bonchev–Trinajstić information content (AvgIpc) is 3.63. The molecule has 15 nitrogen and oxygen atoms in total. The molecule has 6 atom stereocenters. The number of amides is 2. The van der Waals surface area contributed by atoms with Crippen LogP contribution in [0.4, 0.5) is 0 Å². The van der Waals surface area contributed by atoms with Gasteiger partial charge in [-0.05, 0) is 46.1 Å². The van der Waals surface area contributed by atoms with E-state index < -0.39 is 53.3 Å². The monoisotopic (exact) mass is 616 g/mol. The molecule has 1 aliphatic heterocycles. The molecule has 2 aromatic heterocycles. The summed E-state index contributed by atoms with van der Waals surface area (Å²) in [5, 5.41) is 24.5. The fraction of sp³-hybridized carbons (Fsp3) is 0.655. The van der Waals surface area contributed by atoms with Gasteiger partial charge in [0, 0.05) is 36.7 Å². The molecule has 0 saturated carbocycles. The number of H-pyrrole nitrogens is 1. The number of hydrogen-bond acceptors (Lipinski definition) is 10. The minimum atomic E-state index is -0.957. The van der Waals surface area contributed by atoms with Gasteiger partial charge in [0.05, 0.1) is 42.6 Å². The molecule has 1 aliphatic carbocycles. The van der Waals surface area contributed by atoms with E-state index in [1.165, 1.54) is 17.7 Å². The van der Waals surface area contributed by atoms with Crippen molar-refractivity contribution in [1.29, 1.82) is 0 Å². The van der Waals surface area contributed by atoms with Crippen LogP contribution in [0.5, 0.6) is 0 Å². The van der Waals surface area contributed by atoms with Crippen LogP contribution in [0.2, 0.25) is 0 Å². The fourth-order valence-corrected chi connectivity index (χ4v) is 5.70. The standard InChI is InChI=1S/C29H44N8O7/c1-7-18(8-2)43-21-10-17(9-19(30)25(21)31-16(4)39)27(41)33-29(5,6)23-13-37(35-34-23)20-11-24(44-22(20)14-38)36-12-15(3)26(40)32-28(36)42/h10,12-13,18-22,24-25,38H,7-9,11,14,30H2,1-6H3,(H,31,39)(H,33,41)(H,32,40,42)/t19-,20-,21+,22+,24+,25+/m0/s1. The Kier molecular flexibility index (Phi) is 10.2. The second-order valence-corrected chi connectivity index (χ2v) is 12.1. The quantitative estimate of drug-likeness (QED) is 0.229. The van der Waals surface area contributed by atoms with Crippen molar-refractivity contribution in [3.8, 4) is 0 Å². The predicted octanol–water partition coefficient (Wildman–Crippen LogP) is 0.0448. The van der Waals surface area contributed by atoms with Gasteiger partial charge < -0.3 is 30.9 Å². The van der Waals surface area contributed by atoms with Gasteiger partial charge in [-0.1, -0.05) is 19.1 Å². The van der Waals surface area contributed by atoms with Crippen molar-refractivity contribution in [2.45, 2.75) is 115 Å². The van der Waals surface area contributed by atoms with Crippen LogP contribution in [0, 0.1) is 6.92 Å². The van der Waals surface area contributed by atoms with Gasteiger partial charge in [0.1, 0.15) is 18.0 Å². The summed E-state index contributed by atoms with van der Waals surface area (Å²) in [6.07, 6.45) is 4.87. The average molecular weight is 617 g/mol. The number of aliphatic hydroxyl groups excluding tert-OH is 1. The third kappa shape index (κ3) is 7.17. The number of aromatic nitrogens is 5. The van der Waals surface area contributed by atoms with Crippen molar-refractivity contribution in [2.24, 2.45) is 5.73 Å². The van der Waals surface area contributed by atoms with Crippen LogP contribution in [0.3, 0.4) is 0 Å². The number of hydrogen-bond donors (Lipinski definition) is 5. The highest BCUT2D eigenvalue weighted by atomic mass is 16.5. The Hall–Kier alpha value is -3.66. The zero-order chi connectivity index (χ0) is 32.3. The summed E-state index contributed by atoms with van der Waals surface area (Å²) in [5.41, 5.74) is 5.66. The highest BCUT2D eigenvalue weighted by molar-refractivity contribution is 5.94. The summed E-state index contributed by atoms with van der Waals surface area (Å²) in [7, 11) is 0. The topological polar surface area (TPSA) is 208 Å². The van der Waals surface area contributed by atoms with E-state index in [1.54, 1.807) is 37.7 Å². The number of nitrogens with one attached hydrogen (secondary N) is 3. The lowest BCUT2D eigenvalue weighted by atomic mass is 9.87. The number of aromatic amines is 1. The number of nitrogens with zero attached hydrogens (tertiary/aromatic N) is 4. The van der Waals surface area contributed by atoms with Crippen molar-refractivity contribution in [1.82, 2.24) is 35.2 Å². The van der Waals surface area contributed by atoms with E-state index in [9.17, 15) is 24.3 Å². The SMILES string of the molecule is CCC(CC)O[C@@H]1C=C(C(=O)NC(C)(C)c2cn([C@H]3C[C@H](n4cc(C)c(=O)[nH]c4=O)O[C@@H]3CO)nn2)C[C@H](N)[C@H]1NC(C)=O. The molecular formula is C29H44N8O7. The Morgan fingerprint density at radius 3 is 2.61 bits per heavy atom. The van der Waals surface area contributed by atoms with Crippen LogP contribution < -0.4 is 27.6 Å². The number of rotatable bonds is 11. The number of nitrogens with two attached hydrogens (primary N) is 1. The number of aryl methyl sites for hydroxylation is 1. The zero-order valence-corrected chi connectivity index (χ0v) is 26.1. The molecule has 0 bridgehead atoms. The molecule has 1 fully saturated rings.